The second-order valence-corrected chi connectivity index (χ2v) is 14.6. The summed E-state index contributed by atoms with van der Waals surface area (Å²) in [5.74, 6) is 0.577. The van der Waals surface area contributed by atoms with Crippen molar-refractivity contribution >= 4 is 45.8 Å². The van der Waals surface area contributed by atoms with Crippen molar-refractivity contribution in [3.63, 3.8) is 0 Å². The molecule has 6 aromatic carbocycles. The number of benzene rings is 6. The molecule has 0 bridgehead atoms. The molecule has 1 unspecified atom stereocenters. The van der Waals surface area contributed by atoms with Gasteiger partial charge >= 0.3 is 0 Å². The lowest BCUT2D eigenvalue weighted by molar-refractivity contribution is -0.123. The molecule has 6 heteroatoms. The number of hydrogen-bond acceptors (Lipinski definition) is 4. The molecule has 2 aliphatic rings. The zero-order chi connectivity index (χ0) is 44.6. The lowest BCUT2D eigenvalue weighted by atomic mass is 10.0. The van der Waals surface area contributed by atoms with E-state index in [-0.39, 0.29) is 11.8 Å². The molecule has 6 nitrogen and oxygen atoms in total. The number of nitrogens with zero attached hydrogens (tertiary/aromatic N) is 2. The number of carbonyl (C=O) groups excluding carboxylic acids is 2. The van der Waals surface area contributed by atoms with Crippen LogP contribution in [0.4, 0.5) is 11.4 Å². The topological polar surface area (TPSA) is 70.1 Å². The molecule has 62 heavy (non-hydrogen) atoms. The fraction of sp³-hybridized carbons (Fsp3) is 0.179. The lowest BCUT2D eigenvalue weighted by Crippen LogP contribution is -2.29. The van der Waals surface area contributed by atoms with E-state index in [9.17, 15) is 14.7 Å². The van der Waals surface area contributed by atoms with Crippen molar-refractivity contribution in [1.82, 2.24) is 0 Å². The number of amides is 2. The maximum absolute atomic E-state index is 13.3. The molecule has 0 radical (unpaired) electrons. The number of ether oxygens (including phenoxy) is 1. The number of rotatable bonds is 10. The van der Waals surface area contributed by atoms with Gasteiger partial charge < -0.3 is 9.84 Å². The summed E-state index contributed by atoms with van der Waals surface area (Å²) in [5, 5.41) is 11.4. The highest BCUT2D eigenvalue weighted by atomic mass is 16.5. The number of aromatic hydroxyl groups is 1. The largest absolute Gasteiger partial charge is 0.507 e. The summed E-state index contributed by atoms with van der Waals surface area (Å²) in [6.07, 6.45) is 9.92. The highest BCUT2D eigenvalue weighted by molar-refractivity contribution is 6.08. The Balaban J connectivity index is 0.000000255. The van der Waals surface area contributed by atoms with E-state index in [4.69, 9.17) is 4.74 Å². The first-order chi connectivity index (χ1) is 30.1. The summed E-state index contributed by atoms with van der Waals surface area (Å²) in [6, 6.07) is 45.7. The summed E-state index contributed by atoms with van der Waals surface area (Å²) in [5.41, 5.74) is 9.83. The third-order valence-corrected chi connectivity index (χ3v) is 10.5. The second-order valence-electron chi connectivity index (χ2n) is 14.6. The average Bonchev–Trinajstić information content (AvgIpc) is 3.79. The van der Waals surface area contributed by atoms with Gasteiger partial charge in [0.25, 0.3) is 11.8 Å². The van der Waals surface area contributed by atoms with Crippen LogP contribution in [0.3, 0.4) is 0 Å². The maximum Gasteiger partial charge on any atom is 0.272 e. The van der Waals surface area contributed by atoms with Crippen molar-refractivity contribution in [2.24, 2.45) is 0 Å². The summed E-state index contributed by atoms with van der Waals surface area (Å²) in [7, 11) is 0. The molecule has 0 aliphatic carbocycles. The van der Waals surface area contributed by atoms with Gasteiger partial charge in [0.05, 0.1) is 0 Å². The van der Waals surface area contributed by atoms with Crippen LogP contribution in [0.2, 0.25) is 0 Å². The van der Waals surface area contributed by atoms with Crippen LogP contribution in [0.5, 0.6) is 5.75 Å². The predicted octanol–water partition coefficient (Wildman–Crippen LogP) is 13.4. The number of phenols is 1. The number of phenolic OH excluding ortho intramolecular Hbond substituents is 1. The molecule has 2 aliphatic heterocycles. The third kappa shape index (κ3) is 11.5. The fourth-order valence-electron chi connectivity index (χ4n) is 7.14. The van der Waals surface area contributed by atoms with E-state index in [1.807, 2.05) is 142 Å². The SMILES string of the molecule is C=C(OC1CC(=C)N(c2ccc(Cc3ccc(N4C(=C)C=CC4=O)cc3)cc2)C1=O)c1ccccc1/C=C\C.CC.CCc1ccc(CC)cc1.Oc1cccc2ccccc12. The number of fused-ring (bicyclic) bond motifs is 1. The quantitative estimate of drug-likeness (QED) is 0.140. The predicted molar refractivity (Wildman–Crippen MR) is 260 cm³/mol. The van der Waals surface area contributed by atoms with Gasteiger partial charge in [0.1, 0.15) is 11.5 Å². The van der Waals surface area contributed by atoms with E-state index < -0.39 is 6.10 Å². The number of allylic oxidation sites excluding steroid dienone is 2. The Bertz CT molecular complexity index is 2500. The Hall–Kier alpha value is -7.18. The Morgan fingerprint density at radius 2 is 1.23 bits per heavy atom. The van der Waals surface area contributed by atoms with Gasteiger partial charge in [-0.15, -0.1) is 0 Å². The van der Waals surface area contributed by atoms with Gasteiger partial charge in [-0.05, 0) is 95.8 Å². The molecule has 1 saturated heterocycles. The van der Waals surface area contributed by atoms with Gasteiger partial charge in [0, 0.05) is 46.2 Å². The third-order valence-electron chi connectivity index (χ3n) is 10.5. The number of carbonyl (C=O) groups is 2. The lowest BCUT2D eigenvalue weighted by Gasteiger charge is -2.19. The smallest absolute Gasteiger partial charge is 0.272 e. The summed E-state index contributed by atoms with van der Waals surface area (Å²) in [4.78, 5) is 28.6. The van der Waals surface area contributed by atoms with Crippen LogP contribution < -0.4 is 9.80 Å². The van der Waals surface area contributed by atoms with E-state index in [1.165, 1.54) is 17.2 Å². The molecule has 1 atom stereocenters. The normalized spacial score (nSPS) is 14.2. The van der Waals surface area contributed by atoms with Gasteiger partial charge in [-0.2, -0.15) is 0 Å². The Morgan fingerprint density at radius 3 is 1.77 bits per heavy atom. The minimum Gasteiger partial charge on any atom is -0.507 e. The summed E-state index contributed by atoms with van der Waals surface area (Å²) < 4.78 is 6.07. The molecule has 0 saturated carbocycles. The van der Waals surface area contributed by atoms with Crippen molar-refractivity contribution in [2.75, 3.05) is 9.80 Å². The molecular weight excluding hydrogens is 765 g/mol. The first-order valence-corrected chi connectivity index (χ1v) is 21.3. The first-order valence-electron chi connectivity index (χ1n) is 21.3. The van der Waals surface area contributed by atoms with E-state index in [0.29, 0.717) is 29.3 Å². The van der Waals surface area contributed by atoms with Gasteiger partial charge in [-0.3, -0.25) is 19.4 Å². The minimum absolute atomic E-state index is 0.0863. The zero-order valence-corrected chi connectivity index (χ0v) is 36.7. The number of aryl methyl sites for hydroxylation is 2. The minimum atomic E-state index is -0.671. The number of anilines is 2. The standard InChI is InChI=1S/C34H30N2O3.C10H8O.C10H14.C2H6/c1-5-8-28-9-6-7-10-31(28)25(4)39-32-21-24(3)36(34(32)38)30-18-14-27(15-19-30)22-26-12-16-29(17-13-26)35-23(2)11-20-33(35)37;11-10-7-3-5-8-4-1-2-6-9(8)10;1-3-9-5-7-10(4-2)8-6-9;1-2/h5-20,32H,2-4,21-22H2,1H3;1-7,11H;5-8H,3-4H2,1-2H3;1-2H3/b8-5-;;;. The van der Waals surface area contributed by atoms with Gasteiger partial charge in [0.15, 0.2) is 6.10 Å². The maximum atomic E-state index is 13.3. The molecule has 6 aromatic rings. The molecule has 1 N–H and O–H groups in total. The van der Waals surface area contributed by atoms with Gasteiger partial charge in [-0.1, -0.05) is 169 Å². The van der Waals surface area contributed by atoms with Crippen LogP contribution in [0, 0.1) is 0 Å². The zero-order valence-electron chi connectivity index (χ0n) is 36.7. The summed E-state index contributed by atoms with van der Waals surface area (Å²) >= 11 is 0. The molecule has 8 rings (SSSR count). The van der Waals surface area contributed by atoms with Crippen LogP contribution in [0.25, 0.3) is 22.6 Å². The van der Waals surface area contributed by atoms with Crippen molar-refractivity contribution in [2.45, 2.75) is 66.4 Å². The summed E-state index contributed by atoms with van der Waals surface area (Å²) in [6.45, 7) is 22.5. The molecule has 2 amide bonds. The van der Waals surface area contributed by atoms with Crippen molar-refractivity contribution in [1.29, 1.82) is 0 Å². The van der Waals surface area contributed by atoms with Gasteiger partial charge in [0.2, 0.25) is 0 Å². The Kier molecular flexibility index (Phi) is 16.6. The Morgan fingerprint density at radius 1 is 0.694 bits per heavy atom. The molecule has 0 spiro atoms. The van der Waals surface area contributed by atoms with E-state index in [1.54, 1.807) is 21.9 Å². The van der Waals surface area contributed by atoms with Crippen molar-refractivity contribution in [3.8, 4) is 5.75 Å². The van der Waals surface area contributed by atoms with Crippen molar-refractivity contribution in [3.05, 3.63) is 222 Å². The highest BCUT2D eigenvalue weighted by Gasteiger charge is 2.37. The van der Waals surface area contributed by atoms with Crippen LogP contribution in [0.15, 0.2) is 189 Å². The molecule has 2 heterocycles. The van der Waals surface area contributed by atoms with Crippen LogP contribution in [-0.4, -0.2) is 23.0 Å². The van der Waals surface area contributed by atoms with Crippen molar-refractivity contribution < 1.29 is 19.4 Å². The van der Waals surface area contributed by atoms with E-state index >= 15 is 0 Å². The number of hydrogen-bond donors (Lipinski definition) is 1. The van der Waals surface area contributed by atoms with Gasteiger partial charge in [-0.25, -0.2) is 0 Å². The van der Waals surface area contributed by atoms with Crippen LogP contribution >= 0.6 is 0 Å². The fourth-order valence-corrected chi connectivity index (χ4v) is 7.14. The first kappa shape index (κ1) is 45.9. The molecule has 1 fully saturated rings. The second kappa shape index (κ2) is 22.4. The molecule has 316 valence electrons. The average molecular weight is 823 g/mol. The van der Waals surface area contributed by atoms with Crippen LogP contribution in [0.1, 0.15) is 74.4 Å². The Labute approximate surface area is 368 Å². The highest BCUT2D eigenvalue weighted by Crippen LogP contribution is 2.34. The van der Waals surface area contributed by atoms with E-state index in [0.717, 1.165) is 63.7 Å². The monoisotopic (exact) mass is 822 g/mol. The molecule has 0 aromatic heterocycles. The molecular formula is C56H58N2O4. The van der Waals surface area contributed by atoms with Crippen LogP contribution in [-0.2, 0) is 33.6 Å². The van der Waals surface area contributed by atoms with E-state index in [2.05, 4.69) is 57.8 Å².